The van der Waals surface area contributed by atoms with Gasteiger partial charge in [0.15, 0.2) is 0 Å². The Labute approximate surface area is 95.9 Å². The zero-order valence-electron chi connectivity index (χ0n) is 9.48. The number of nitrogens with one attached hydrogen (secondary N) is 1. The van der Waals surface area contributed by atoms with E-state index in [0.717, 1.165) is 31.6 Å². The van der Waals surface area contributed by atoms with E-state index in [1.807, 2.05) is 12.1 Å². The van der Waals surface area contributed by atoms with Crippen molar-refractivity contribution < 1.29 is 0 Å². The maximum Gasteiger partial charge on any atom is 0.142 e. The van der Waals surface area contributed by atoms with Crippen LogP contribution in [-0.2, 0) is 0 Å². The minimum atomic E-state index is 0.485. The van der Waals surface area contributed by atoms with Gasteiger partial charge in [-0.1, -0.05) is 0 Å². The highest BCUT2D eigenvalue weighted by Gasteiger charge is 2.18. The summed E-state index contributed by atoms with van der Waals surface area (Å²) in [5.74, 6) is 0. The topological polar surface area (TPSA) is 52.0 Å². The molecule has 0 bridgehead atoms. The Morgan fingerprint density at radius 3 is 2.94 bits per heavy atom. The highest BCUT2D eigenvalue weighted by atomic mass is 15.1. The van der Waals surface area contributed by atoms with Gasteiger partial charge in [-0.15, -0.1) is 0 Å². The predicted octanol–water partition coefficient (Wildman–Crippen LogP) is 1.14. The normalized spacial score (nSPS) is 16.8. The number of nitrogens with zero attached hydrogens (tertiary/aromatic N) is 3. The van der Waals surface area contributed by atoms with Crippen LogP contribution >= 0.6 is 0 Å². The lowest BCUT2D eigenvalue weighted by Gasteiger charge is -2.33. The van der Waals surface area contributed by atoms with Gasteiger partial charge in [0.05, 0.1) is 0 Å². The summed E-state index contributed by atoms with van der Waals surface area (Å²) in [4.78, 5) is 6.24. The summed E-state index contributed by atoms with van der Waals surface area (Å²) in [5, 5.41) is 12.2. The summed E-state index contributed by atoms with van der Waals surface area (Å²) in [6, 6.07) is 6.45. The zero-order chi connectivity index (χ0) is 11.4. The number of hydrogen-bond donors (Lipinski definition) is 1. The zero-order valence-corrected chi connectivity index (χ0v) is 9.48. The second kappa shape index (κ2) is 4.95. The Kier molecular flexibility index (Phi) is 3.37. The van der Waals surface area contributed by atoms with E-state index in [9.17, 15) is 0 Å². The van der Waals surface area contributed by atoms with Gasteiger partial charge in [0.1, 0.15) is 11.8 Å². The third-order valence-electron chi connectivity index (χ3n) is 3.12. The molecule has 4 heteroatoms. The molecule has 0 amide bonds. The summed E-state index contributed by atoms with van der Waals surface area (Å²) < 4.78 is 0. The molecule has 0 atom stereocenters. The largest absolute Gasteiger partial charge is 0.371 e. The van der Waals surface area contributed by atoms with Crippen LogP contribution in [0.4, 0.5) is 5.69 Å². The standard InChI is InChI=1S/C12H16N4/c1-16(11-2-5-14-6-3-11)12-4-7-15-10(8-12)9-13/h4,7-8,11,14H,2-3,5-6H2,1H3. The second-order valence-electron chi connectivity index (χ2n) is 4.10. The number of nitriles is 1. The third-order valence-corrected chi connectivity index (χ3v) is 3.12. The van der Waals surface area contributed by atoms with Crippen LogP contribution in [0.3, 0.4) is 0 Å². The average Bonchev–Trinajstić information content (AvgIpc) is 2.39. The van der Waals surface area contributed by atoms with Crippen molar-refractivity contribution in [1.82, 2.24) is 10.3 Å². The van der Waals surface area contributed by atoms with Gasteiger partial charge in [-0.25, -0.2) is 4.98 Å². The van der Waals surface area contributed by atoms with Crippen LogP contribution < -0.4 is 10.2 Å². The highest BCUT2D eigenvalue weighted by Crippen LogP contribution is 2.19. The van der Waals surface area contributed by atoms with Gasteiger partial charge in [-0.3, -0.25) is 0 Å². The first kappa shape index (κ1) is 10.9. The van der Waals surface area contributed by atoms with Crippen LogP contribution in [0.5, 0.6) is 0 Å². The molecular formula is C12H16N4. The van der Waals surface area contributed by atoms with E-state index in [0.29, 0.717) is 11.7 Å². The van der Waals surface area contributed by atoms with Gasteiger partial charge in [0.25, 0.3) is 0 Å². The molecule has 1 aliphatic heterocycles. The van der Waals surface area contributed by atoms with E-state index in [1.54, 1.807) is 6.20 Å². The van der Waals surface area contributed by atoms with E-state index in [-0.39, 0.29) is 0 Å². The molecule has 1 aliphatic rings. The van der Waals surface area contributed by atoms with E-state index >= 15 is 0 Å². The lowest BCUT2D eigenvalue weighted by atomic mass is 10.0. The Morgan fingerprint density at radius 2 is 2.25 bits per heavy atom. The molecule has 2 heterocycles. The number of aromatic nitrogens is 1. The molecule has 1 saturated heterocycles. The summed E-state index contributed by atoms with van der Waals surface area (Å²) >= 11 is 0. The summed E-state index contributed by atoms with van der Waals surface area (Å²) in [6.07, 6.45) is 4.01. The van der Waals surface area contributed by atoms with Gasteiger partial charge in [-0.05, 0) is 38.1 Å². The van der Waals surface area contributed by atoms with Crippen LogP contribution in [0, 0.1) is 11.3 Å². The lowest BCUT2D eigenvalue weighted by molar-refractivity contribution is 0.443. The highest BCUT2D eigenvalue weighted by molar-refractivity contribution is 5.49. The molecule has 1 fully saturated rings. The fourth-order valence-corrected chi connectivity index (χ4v) is 2.10. The van der Waals surface area contributed by atoms with Gasteiger partial charge in [0, 0.05) is 25.0 Å². The molecule has 84 valence electrons. The molecule has 1 aromatic heterocycles. The monoisotopic (exact) mass is 216 g/mol. The molecule has 0 aliphatic carbocycles. The Bertz CT molecular complexity index is 390. The van der Waals surface area contributed by atoms with Crippen LogP contribution in [0.15, 0.2) is 18.3 Å². The van der Waals surface area contributed by atoms with E-state index in [1.165, 1.54) is 0 Å². The minimum Gasteiger partial charge on any atom is -0.371 e. The molecule has 2 rings (SSSR count). The van der Waals surface area contributed by atoms with Crippen LogP contribution in [0.2, 0.25) is 0 Å². The second-order valence-corrected chi connectivity index (χ2v) is 4.10. The van der Waals surface area contributed by atoms with Crippen LogP contribution in [0.25, 0.3) is 0 Å². The van der Waals surface area contributed by atoms with Gasteiger partial charge < -0.3 is 10.2 Å². The molecular weight excluding hydrogens is 200 g/mol. The van der Waals surface area contributed by atoms with Gasteiger partial charge in [0.2, 0.25) is 0 Å². The molecule has 0 spiro atoms. The first-order valence-electron chi connectivity index (χ1n) is 5.61. The smallest absolute Gasteiger partial charge is 0.142 e. The van der Waals surface area contributed by atoms with Crippen molar-refractivity contribution in [2.45, 2.75) is 18.9 Å². The fourth-order valence-electron chi connectivity index (χ4n) is 2.10. The molecule has 0 radical (unpaired) electrons. The first-order valence-corrected chi connectivity index (χ1v) is 5.61. The van der Waals surface area contributed by atoms with E-state index in [4.69, 9.17) is 5.26 Å². The Morgan fingerprint density at radius 1 is 1.50 bits per heavy atom. The number of rotatable bonds is 2. The summed E-state index contributed by atoms with van der Waals surface area (Å²) in [6.45, 7) is 2.15. The van der Waals surface area contributed by atoms with Crippen LogP contribution in [-0.4, -0.2) is 31.2 Å². The molecule has 0 saturated carbocycles. The molecule has 1 N–H and O–H groups in total. The number of hydrogen-bond acceptors (Lipinski definition) is 4. The predicted molar refractivity (Wildman–Crippen MR) is 63.2 cm³/mol. The van der Waals surface area contributed by atoms with Crippen molar-refractivity contribution in [2.75, 3.05) is 25.0 Å². The summed E-state index contributed by atoms with van der Waals surface area (Å²) in [7, 11) is 2.09. The maximum absolute atomic E-state index is 8.81. The SMILES string of the molecule is CN(c1ccnc(C#N)c1)C1CCNCC1. The Hall–Kier alpha value is -1.60. The Balaban J connectivity index is 2.13. The van der Waals surface area contributed by atoms with Crippen molar-refractivity contribution in [2.24, 2.45) is 0 Å². The van der Waals surface area contributed by atoms with Crippen molar-refractivity contribution in [1.29, 1.82) is 5.26 Å². The van der Waals surface area contributed by atoms with Crippen molar-refractivity contribution in [3.63, 3.8) is 0 Å². The number of pyridine rings is 1. The number of piperidine rings is 1. The third kappa shape index (κ3) is 2.31. The molecule has 4 nitrogen and oxygen atoms in total. The molecule has 16 heavy (non-hydrogen) atoms. The van der Waals surface area contributed by atoms with Crippen LogP contribution in [0.1, 0.15) is 18.5 Å². The van der Waals surface area contributed by atoms with Gasteiger partial charge >= 0.3 is 0 Å². The maximum atomic E-state index is 8.81. The molecule has 0 aromatic carbocycles. The lowest BCUT2D eigenvalue weighted by Crippen LogP contribution is -2.41. The quantitative estimate of drug-likeness (QED) is 0.805. The van der Waals surface area contributed by atoms with Gasteiger partial charge in [-0.2, -0.15) is 5.26 Å². The van der Waals surface area contributed by atoms with E-state index < -0.39 is 0 Å². The van der Waals surface area contributed by atoms with Crippen molar-refractivity contribution >= 4 is 5.69 Å². The van der Waals surface area contributed by atoms with Crippen molar-refractivity contribution in [3.05, 3.63) is 24.0 Å². The van der Waals surface area contributed by atoms with Crippen molar-refractivity contribution in [3.8, 4) is 6.07 Å². The summed E-state index contributed by atoms with van der Waals surface area (Å²) in [5.41, 5.74) is 1.57. The molecule has 0 unspecified atom stereocenters. The average molecular weight is 216 g/mol. The number of anilines is 1. The minimum absolute atomic E-state index is 0.485. The molecule has 1 aromatic rings. The first-order chi connectivity index (χ1) is 7.81. The van der Waals surface area contributed by atoms with E-state index in [2.05, 4.69) is 28.3 Å². The fraction of sp³-hybridized carbons (Fsp3) is 0.500.